The second-order valence-corrected chi connectivity index (χ2v) is 13.1. The lowest BCUT2D eigenvalue weighted by Gasteiger charge is -2.57. The minimum atomic E-state index is 0.355. The van der Waals surface area contributed by atoms with Gasteiger partial charge in [-0.15, -0.1) is 0 Å². The number of hydrogen-bond donors (Lipinski definition) is 0. The smallest absolute Gasteiger partial charge is 0.238 e. The monoisotopic (exact) mass is 557 g/mol. The molecule has 2 heterocycles. The van der Waals surface area contributed by atoms with Crippen LogP contribution >= 0.6 is 0 Å². The van der Waals surface area contributed by atoms with Gasteiger partial charge in [0.05, 0.1) is 22.7 Å². The van der Waals surface area contributed by atoms with E-state index in [2.05, 4.69) is 83.4 Å². The summed E-state index contributed by atoms with van der Waals surface area (Å²) in [5.74, 6) is 4.58. The first-order valence-electron chi connectivity index (χ1n) is 15.5. The molecule has 208 valence electrons. The van der Waals surface area contributed by atoms with Gasteiger partial charge >= 0.3 is 0 Å². The van der Waals surface area contributed by atoms with E-state index in [-0.39, 0.29) is 0 Å². The molecule has 0 saturated heterocycles. The average Bonchev–Trinajstić information content (AvgIpc) is 3.39. The Hall–Kier alpha value is -4.82. The third kappa shape index (κ3) is 3.93. The van der Waals surface area contributed by atoms with Gasteiger partial charge in [0.25, 0.3) is 0 Å². The summed E-state index contributed by atoms with van der Waals surface area (Å²) < 4.78 is 2.15. The molecule has 4 aromatic carbocycles. The number of para-hydroxylation sites is 2. The second kappa shape index (κ2) is 9.34. The van der Waals surface area contributed by atoms with Crippen molar-refractivity contribution in [3.05, 3.63) is 108 Å². The molecule has 4 fully saturated rings. The van der Waals surface area contributed by atoms with Crippen LogP contribution in [0.4, 0.5) is 0 Å². The van der Waals surface area contributed by atoms with Crippen LogP contribution in [0.25, 0.3) is 50.5 Å². The molecule has 0 N–H and O–H groups in total. The quantitative estimate of drug-likeness (QED) is 0.218. The highest BCUT2D eigenvalue weighted by atomic mass is 15.2. The Morgan fingerprint density at radius 2 is 1.09 bits per heavy atom. The van der Waals surface area contributed by atoms with Crippen LogP contribution in [0.1, 0.15) is 49.7 Å². The Bertz CT molecular complexity index is 1970. The fourth-order valence-corrected chi connectivity index (χ4v) is 8.99. The predicted octanol–water partition coefficient (Wildman–Crippen LogP) is 8.64. The van der Waals surface area contributed by atoms with E-state index < -0.39 is 0 Å². The summed E-state index contributed by atoms with van der Waals surface area (Å²) >= 11 is 0. The first kappa shape index (κ1) is 24.7. The van der Waals surface area contributed by atoms with Crippen molar-refractivity contribution in [3.8, 4) is 34.8 Å². The Morgan fingerprint density at radius 3 is 1.60 bits per heavy atom. The fourth-order valence-electron chi connectivity index (χ4n) is 8.99. The van der Waals surface area contributed by atoms with E-state index in [1.165, 1.54) is 54.9 Å². The predicted molar refractivity (Wildman–Crippen MR) is 170 cm³/mol. The molecule has 5 nitrogen and oxygen atoms in total. The number of nitrogens with zero attached hydrogens (tertiary/aromatic N) is 5. The third-order valence-electron chi connectivity index (χ3n) is 10.5. The molecule has 0 amide bonds. The molecule has 0 aliphatic heterocycles. The number of benzene rings is 4. The van der Waals surface area contributed by atoms with E-state index in [0.29, 0.717) is 28.6 Å². The molecule has 0 spiro atoms. The molecule has 6 aromatic rings. The van der Waals surface area contributed by atoms with E-state index in [0.717, 1.165) is 39.9 Å². The summed E-state index contributed by atoms with van der Waals surface area (Å²) in [6.07, 6.45) is 8.41. The van der Waals surface area contributed by atoms with E-state index in [4.69, 9.17) is 15.0 Å². The van der Waals surface area contributed by atoms with Crippen LogP contribution in [0.3, 0.4) is 0 Å². The summed E-state index contributed by atoms with van der Waals surface area (Å²) in [7, 11) is 0. The molecule has 0 radical (unpaired) electrons. The minimum absolute atomic E-state index is 0.355. The maximum absolute atomic E-state index is 9.36. The number of nitriles is 1. The summed E-state index contributed by atoms with van der Waals surface area (Å²) in [6, 6.07) is 35.7. The van der Waals surface area contributed by atoms with E-state index in [1.54, 1.807) is 0 Å². The minimum Gasteiger partial charge on any atom is -0.278 e. The maximum Gasteiger partial charge on any atom is 0.238 e. The van der Waals surface area contributed by atoms with Gasteiger partial charge < -0.3 is 0 Å². The molecule has 5 heteroatoms. The molecule has 4 aliphatic rings. The summed E-state index contributed by atoms with van der Waals surface area (Å²) in [5, 5.41) is 11.7. The molecule has 43 heavy (non-hydrogen) atoms. The van der Waals surface area contributed by atoms with Gasteiger partial charge in [-0.2, -0.15) is 15.2 Å². The second-order valence-electron chi connectivity index (χ2n) is 13.1. The lowest BCUT2D eigenvalue weighted by atomic mass is 9.48. The van der Waals surface area contributed by atoms with Crippen molar-refractivity contribution >= 4 is 21.8 Å². The van der Waals surface area contributed by atoms with Crippen LogP contribution in [0, 0.1) is 29.1 Å². The third-order valence-corrected chi connectivity index (χ3v) is 10.5. The van der Waals surface area contributed by atoms with Crippen LogP contribution in [-0.4, -0.2) is 19.5 Å². The van der Waals surface area contributed by atoms with Gasteiger partial charge in [0.15, 0.2) is 11.6 Å². The van der Waals surface area contributed by atoms with E-state index >= 15 is 0 Å². The largest absolute Gasteiger partial charge is 0.278 e. The van der Waals surface area contributed by atoms with Crippen LogP contribution in [0.2, 0.25) is 0 Å². The number of rotatable bonds is 4. The van der Waals surface area contributed by atoms with Crippen LogP contribution < -0.4 is 0 Å². The van der Waals surface area contributed by atoms with Crippen LogP contribution in [0.15, 0.2) is 97.1 Å². The SMILES string of the molecule is N#Cc1ccc(-c2nc(-c3ccc(C45CC6CC(CC(C6)C4)C5)cc3)nc(-n3c4ccccc4c4ccccc43)n2)cc1. The summed E-state index contributed by atoms with van der Waals surface area (Å²) in [4.78, 5) is 15.1. The highest BCUT2D eigenvalue weighted by Crippen LogP contribution is 2.60. The number of hydrogen-bond acceptors (Lipinski definition) is 4. The first-order valence-corrected chi connectivity index (χ1v) is 15.5. The lowest BCUT2D eigenvalue weighted by molar-refractivity contribution is -0.00518. The topological polar surface area (TPSA) is 67.4 Å². The molecular weight excluding hydrogens is 526 g/mol. The highest BCUT2D eigenvalue weighted by molar-refractivity contribution is 6.08. The first-order chi connectivity index (χ1) is 21.2. The van der Waals surface area contributed by atoms with Gasteiger partial charge in [0.1, 0.15) is 0 Å². The van der Waals surface area contributed by atoms with Crippen molar-refractivity contribution in [1.82, 2.24) is 19.5 Å². The van der Waals surface area contributed by atoms with Gasteiger partial charge in [0.2, 0.25) is 5.95 Å². The maximum atomic E-state index is 9.36. The van der Waals surface area contributed by atoms with Crippen LogP contribution in [0.5, 0.6) is 0 Å². The Kier molecular flexibility index (Phi) is 5.38. The lowest BCUT2D eigenvalue weighted by Crippen LogP contribution is -2.48. The van der Waals surface area contributed by atoms with Crippen molar-refractivity contribution in [1.29, 1.82) is 5.26 Å². The highest BCUT2D eigenvalue weighted by Gasteiger charge is 2.51. The van der Waals surface area contributed by atoms with Gasteiger partial charge in [-0.1, -0.05) is 60.7 Å². The molecule has 10 rings (SSSR count). The Labute approximate surface area is 250 Å². The van der Waals surface area contributed by atoms with Crippen molar-refractivity contribution in [3.63, 3.8) is 0 Å². The zero-order valence-electron chi connectivity index (χ0n) is 23.9. The molecule has 0 unspecified atom stereocenters. The molecule has 0 atom stereocenters. The van der Waals surface area contributed by atoms with Crippen LogP contribution in [-0.2, 0) is 5.41 Å². The normalized spacial score (nSPS) is 24.0. The van der Waals surface area contributed by atoms with Crippen molar-refractivity contribution < 1.29 is 0 Å². The zero-order valence-corrected chi connectivity index (χ0v) is 23.9. The molecule has 2 aromatic heterocycles. The molecule has 4 bridgehead atoms. The molecule has 4 aliphatic carbocycles. The van der Waals surface area contributed by atoms with E-state index in [9.17, 15) is 5.26 Å². The average molecular weight is 558 g/mol. The van der Waals surface area contributed by atoms with Crippen molar-refractivity contribution in [2.45, 2.75) is 43.9 Å². The van der Waals surface area contributed by atoms with Gasteiger partial charge in [0, 0.05) is 21.9 Å². The van der Waals surface area contributed by atoms with E-state index in [1.807, 2.05) is 24.3 Å². The van der Waals surface area contributed by atoms with Gasteiger partial charge in [-0.05, 0) is 104 Å². The Balaban J connectivity index is 1.20. The fraction of sp³-hybridized carbons (Fsp3) is 0.263. The summed E-state index contributed by atoms with van der Waals surface area (Å²) in [5.41, 5.74) is 6.43. The van der Waals surface area contributed by atoms with Crippen molar-refractivity contribution in [2.75, 3.05) is 0 Å². The zero-order chi connectivity index (χ0) is 28.5. The Morgan fingerprint density at radius 1 is 0.605 bits per heavy atom. The number of aromatic nitrogens is 4. The van der Waals surface area contributed by atoms with Crippen molar-refractivity contribution in [2.24, 2.45) is 17.8 Å². The molecular formula is C38H31N5. The van der Waals surface area contributed by atoms with Gasteiger partial charge in [-0.3, -0.25) is 4.57 Å². The van der Waals surface area contributed by atoms with Gasteiger partial charge in [-0.25, -0.2) is 4.98 Å². The summed E-state index contributed by atoms with van der Waals surface area (Å²) in [6.45, 7) is 0. The number of fused-ring (bicyclic) bond motifs is 3. The standard InChI is InChI=1S/C38H31N5/c39-23-24-9-11-28(12-10-24)35-40-36(29-13-15-30(16-14-29)38-20-25-17-26(21-38)19-27(18-25)22-38)42-37(41-35)43-33-7-3-1-5-31(33)32-6-2-4-8-34(32)43/h1-16,25-27H,17-22H2. The molecule has 4 saturated carbocycles.